The first-order chi connectivity index (χ1) is 15.8. The minimum atomic E-state index is -3.73. The highest BCUT2D eigenvalue weighted by Gasteiger charge is 2.13. The maximum atomic E-state index is 14.7. The monoisotopic (exact) mass is 463 g/mol. The number of benzene rings is 3. The van der Waals surface area contributed by atoms with Gasteiger partial charge >= 0.3 is 0 Å². The normalized spacial score (nSPS) is 11.9. The summed E-state index contributed by atoms with van der Waals surface area (Å²) in [5.74, 6) is -0.599. The first kappa shape index (κ1) is 21.0. The lowest BCUT2D eigenvalue weighted by Crippen LogP contribution is -2.15. The summed E-state index contributed by atoms with van der Waals surface area (Å²) < 4.78 is 37.4. The van der Waals surface area contributed by atoms with Crippen molar-refractivity contribution in [1.29, 1.82) is 0 Å². The number of imidazole rings is 1. The van der Waals surface area contributed by atoms with Gasteiger partial charge in [0.05, 0.1) is 22.1 Å². The summed E-state index contributed by atoms with van der Waals surface area (Å²) in [4.78, 5) is 19.2. The van der Waals surface area contributed by atoms with Crippen molar-refractivity contribution in [2.75, 3.05) is 0 Å². The lowest BCUT2D eigenvalue weighted by molar-refractivity contribution is 0.596. The van der Waals surface area contributed by atoms with E-state index in [1.54, 1.807) is 42.5 Å². The number of sulfonamides is 1. The SMILES string of the molecule is NS(=O)(=O)Cc1nc2ccc(-c3cc(Cc4n[nH]c(=O)c5ccccc45)ccc3F)cc2[nH]1. The zero-order valence-corrected chi connectivity index (χ0v) is 18.0. The maximum absolute atomic E-state index is 14.7. The predicted molar refractivity (Wildman–Crippen MR) is 123 cm³/mol. The van der Waals surface area contributed by atoms with E-state index in [0.717, 1.165) is 10.9 Å². The predicted octanol–water partition coefficient (Wildman–Crippen LogP) is 2.98. The Morgan fingerprint density at radius 2 is 1.79 bits per heavy atom. The molecule has 0 radical (unpaired) electrons. The smallest absolute Gasteiger partial charge is 0.272 e. The van der Waals surface area contributed by atoms with Crippen LogP contribution in [0, 0.1) is 5.82 Å². The van der Waals surface area contributed by atoms with Gasteiger partial charge < -0.3 is 4.98 Å². The lowest BCUT2D eigenvalue weighted by Gasteiger charge is -2.09. The number of halogens is 1. The maximum Gasteiger partial charge on any atom is 0.272 e. The summed E-state index contributed by atoms with van der Waals surface area (Å²) in [5.41, 5.74) is 3.35. The summed E-state index contributed by atoms with van der Waals surface area (Å²) >= 11 is 0. The van der Waals surface area contributed by atoms with E-state index >= 15 is 0 Å². The number of nitrogens with zero attached hydrogens (tertiary/aromatic N) is 2. The van der Waals surface area contributed by atoms with Crippen LogP contribution < -0.4 is 10.7 Å². The molecule has 5 rings (SSSR count). The molecule has 8 nitrogen and oxygen atoms in total. The van der Waals surface area contributed by atoms with E-state index < -0.39 is 21.6 Å². The van der Waals surface area contributed by atoms with E-state index in [1.807, 2.05) is 12.1 Å². The molecule has 2 heterocycles. The highest BCUT2D eigenvalue weighted by molar-refractivity contribution is 7.88. The van der Waals surface area contributed by atoms with Gasteiger partial charge in [-0.3, -0.25) is 4.79 Å². The van der Waals surface area contributed by atoms with Gasteiger partial charge in [0.15, 0.2) is 0 Å². The molecule has 0 spiro atoms. The Kier molecular flexibility index (Phi) is 5.03. The molecule has 4 N–H and O–H groups in total. The fourth-order valence-electron chi connectivity index (χ4n) is 3.89. The van der Waals surface area contributed by atoms with Crippen molar-refractivity contribution in [3.8, 4) is 11.1 Å². The van der Waals surface area contributed by atoms with E-state index in [2.05, 4.69) is 20.2 Å². The molecule has 0 saturated carbocycles. The summed E-state index contributed by atoms with van der Waals surface area (Å²) in [6.45, 7) is 0. The highest BCUT2D eigenvalue weighted by atomic mass is 32.2. The molecule has 5 aromatic rings. The average Bonchev–Trinajstić information content (AvgIpc) is 3.16. The van der Waals surface area contributed by atoms with Crippen molar-refractivity contribution in [1.82, 2.24) is 20.2 Å². The molecule has 33 heavy (non-hydrogen) atoms. The topological polar surface area (TPSA) is 135 Å². The molecule has 0 amide bonds. The van der Waals surface area contributed by atoms with Gasteiger partial charge in [0.25, 0.3) is 5.56 Å². The summed E-state index contributed by atoms with van der Waals surface area (Å²) in [6.07, 6.45) is 0.398. The molecule has 0 unspecified atom stereocenters. The first-order valence-corrected chi connectivity index (χ1v) is 11.7. The number of hydrogen-bond donors (Lipinski definition) is 3. The van der Waals surface area contributed by atoms with Crippen LogP contribution in [-0.4, -0.2) is 28.6 Å². The van der Waals surface area contributed by atoms with Crippen molar-refractivity contribution >= 4 is 31.8 Å². The second kappa shape index (κ2) is 7.91. The Hall–Kier alpha value is -3.89. The number of hydrogen-bond acceptors (Lipinski definition) is 5. The summed E-state index contributed by atoms with van der Waals surface area (Å²) in [5, 5.41) is 13.1. The molecule has 10 heteroatoms. The molecule has 0 aliphatic carbocycles. The Bertz CT molecular complexity index is 1690. The molecule has 0 saturated heterocycles. The Labute approximate surface area is 187 Å². The lowest BCUT2D eigenvalue weighted by atomic mass is 9.98. The van der Waals surface area contributed by atoms with E-state index in [4.69, 9.17) is 5.14 Å². The highest BCUT2D eigenvalue weighted by Crippen LogP contribution is 2.28. The van der Waals surface area contributed by atoms with Gasteiger partial charge in [0, 0.05) is 17.4 Å². The van der Waals surface area contributed by atoms with Crippen LogP contribution in [0.25, 0.3) is 32.9 Å². The number of nitrogens with two attached hydrogens (primary N) is 1. The van der Waals surface area contributed by atoms with E-state index in [0.29, 0.717) is 39.7 Å². The first-order valence-electron chi connectivity index (χ1n) is 10.0. The minimum Gasteiger partial charge on any atom is -0.341 e. The van der Waals surface area contributed by atoms with E-state index in [1.165, 1.54) is 6.07 Å². The molecule has 0 fully saturated rings. The Morgan fingerprint density at radius 1 is 1.00 bits per heavy atom. The zero-order chi connectivity index (χ0) is 23.2. The van der Waals surface area contributed by atoms with Crippen molar-refractivity contribution in [2.24, 2.45) is 5.14 Å². The standard InChI is InChI=1S/C23H18FN5O3S/c24-18-7-5-13(10-20-15-3-1-2-4-16(15)23(30)29-28-20)9-17(18)14-6-8-19-21(11-14)27-22(26-19)12-33(25,31)32/h1-9,11H,10,12H2,(H,26,27)(H,29,30)(H2,25,31,32). The molecule has 0 atom stereocenters. The second-order valence-corrected chi connectivity index (χ2v) is 9.37. The minimum absolute atomic E-state index is 0.217. The van der Waals surface area contributed by atoms with Gasteiger partial charge in [0.2, 0.25) is 10.0 Å². The molecular formula is C23H18FN5O3S. The number of primary sulfonamides is 1. The largest absolute Gasteiger partial charge is 0.341 e. The van der Waals surface area contributed by atoms with E-state index in [-0.39, 0.29) is 11.4 Å². The van der Waals surface area contributed by atoms with Crippen LogP contribution in [0.4, 0.5) is 4.39 Å². The van der Waals surface area contributed by atoms with Crippen molar-refractivity contribution in [2.45, 2.75) is 12.2 Å². The summed E-state index contributed by atoms with van der Waals surface area (Å²) in [7, 11) is -3.73. The van der Waals surface area contributed by atoms with Crippen molar-refractivity contribution in [3.63, 3.8) is 0 Å². The van der Waals surface area contributed by atoms with Crippen LogP contribution in [0.1, 0.15) is 17.1 Å². The van der Waals surface area contributed by atoms with Gasteiger partial charge in [-0.05, 0) is 41.5 Å². The third kappa shape index (κ3) is 4.26. The van der Waals surface area contributed by atoms with Crippen LogP contribution in [0.3, 0.4) is 0 Å². The van der Waals surface area contributed by atoms with Crippen LogP contribution in [0.2, 0.25) is 0 Å². The van der Waals surface area contributed by atoms with Crippen LogP contribution in [-0.2, 0) is 22.2 Å². The van der Waals surface area contributed by atoms with Gasteiger partial charge in [-0.25, -0.2) is 28.0 Å². The number of H-pyrrole nitrogens is 2. The Balaban J connectivity index is 1.52. The third-order valence-electron chi connectivity index (χ3n) is 5.36. The summed E-state index contributed by atoms with van der Waals surface area (Å²) in [6, 6.07) is 17.1. The third-order valence-corrected chi connectivity index (χ3v) is 6.03. The quantitative estimate of drug-likeness (QED) is 0.368. The molecule has 0 aliphatic heterocycles. The number of aromatic amines is 2. The van der Waals surface area contributed by atoms with Crippen LogP contribution in [0.15, 0.2) is 65.5 Å². The van der Waals surface area contributed by atoms with Crippen LogP contribution >= 0.6 is 0 Å². The number of rotatable bonds is 5. The van der Waals surface area contributed by atoms with Crippen LogP contribution in [0.5, 0.6) is 0 Å². The second-order valence-electron chi connectivity index (χ2n) is 7.76. The number of aromatic nitrogens is 4. The molecule has 2 aromatic heterocycles. The average molecular weight is 463 g/mol. The number of nitrogens with one attached hydrogen (secondary N) is 2. The van der Waals surface area contributed by atoms with Gasteiger partial charge in [-0.1, -0.05) is 30.3 Å². The fourth-order valence-corrected chi connectivity index (χ4v) is 4.41. The zero-order valence-electron chi connectivity index (χ0n) is 17.2. The van der Waals surface area contributed by atoms with Gasteiger partial charge in [0.1, 0.15) is 17.4 Å². The number of fused-ring (bicyclic) bond motifs is 2. The van der Waals surface area contributed by atoms with E-state index in [9.17, 15) is 17.6 Å². The van der Waals surface area contributed by atoms with Crippen molar-refractivity contribution in [3.05, 3.63) is 93.9 Å². The fraction of sp³-hybridized carbons (Fsp3) is 0.0870. The molecular weight excluding hydrogens is 445 g/mol. The van der Waals surface area contributed by atoms with Crippen molar-refractivity contribution < 1.29 is 12.8 Å². The molecule has 166 valence electrons. The van der Waals surface area contributed by atoms with Gasteiger partial charge in [-0.15, -0.1) is 0 Å². The molecule has 0 bridgehead atoms. The van der Waals surface area contributed by atoms with Gasteiger partial charge in [-0.2, -0.15) is 5.10 Å². The Morgan fingerprint density at radius 3 is 2.58 bits per heavy atom. The molecule has 0 aliphatic rings. The molecule has 3 aromatic carbocycles.